The number of piperidine rings is 1. The summed E-state index contributed by atoms with van der Waals surface area (Å²) in [5.74, 6) is -0.322. The van der Waals surface area contributed by atoms with Gasteiger partial charge in [-0.2, -0.15) is 0 Å². The number of phenolic OH excluding ortho intramolecular Hbond substituents is 1. The lowest BCUT2D eigenvalue weighted by atomic mass is 9.96. The zero-order valence-electron chi connectivity index (χ0n) is 19.4. The van der Waals surface area contributed by atoms with Crippen molar-refractivity contribution in [1.82, 2.24) is 19.9 Å². The molecule has 7 nitrogen and oxygen atoms in total. The number of alkyl halides is 2. The van der Waals surface area contributed by atoms with Gasteiger partial charge in [0, 0.05) is 41.5 Å². The van der Waals surface area contributed by atoms with Gasteiger partial charge in [-0.1, -0.05) is 0 Å². The Hall–Kier alpha value is -3.40. The number of fused-ring (bicyclic) bond motifs is 2. The van der Waals surface area contributed by atoms with Gasteiger partial charge < -0.3 is 15.3 Å². The van der Waals surface area contributed by atoms with Crippen LogP contribution >= 0.6 is 0 Å². The zero-order valence-corrected chi connectivity index (χ0v) is 19.4. The average molecular weight is 498 g/mol. The molecule has 3 aromatic rings. The maximum atomic E-state index is 15.3. The molecular weight excluding hydrogens is 471 g/mol. The first-order chi connectivity index (χ1) is 17.4. The molecule has 2 N–H and O–H groups in total. The van der Waals surface area contributed by atoms with E-state index in [2.05, 4.69) is 20.2 Å². The molecule has 10 heteroatoms. The highest BCUT2D eigenvalue weighted by Gasteiger charge is 2.48. The number of aromatic hydroxyl groups is 1. The highest BCUT2D eigenvalue weighted by Crippen LogP contribution is 2.40. The van der Waals surface area contributed by atoms with Crippen LogP contribution in [-0.2, 0) is 6.80 Å². The predicted octanol–water partition coefficient (Wildman–Crippen LogP) is 3.94. The van der Waals surface area contributed by atoms with Crippen LogP contribution in [0.25, 0.3) is 22.4 Å². The highest BCUT2D eigenvalue weighted by molar-refractivity contribution is 5.74. The van der Waals surface area contributed by atoms with Crippen molar-refractivity contribution in [3.05, 3.63) is 59.0 Å². The minimum absolute atomic E-state index is 0.0124. The largest absolute Gasteiger partial charge is 0.507 e. The minimum atomic E-state index is -0.983. The Balaban J connectivity index is 1.28. The summed E-state index contributed by atoms with van der Waals surface area (Å²) < 4.78 is 43.9. The van der Waals surface area contributed by atoms with Gasteiger partial charge in [0.15, 0.2) is 6.80 Å². The number of nitrogens with one attached hydrogen (secondary N) is 1. The Morgan fingerprint density at radius 2 is 1.94 bits per heavy atom. The molecule has 1 aromatic carbocycles. The lowest BCUT2D eigenvalue weighted by molar-refractivity contribution is 0.171. The SMILES string of the molecule is O=c1cc(-c2cc(O)c(-c3cnc(N(C4CC4)C4C[C@H]5CC[C@H](N5)C4F)cn3)cc2F)ccn1CF. The summed E-state index contributed by atoms with van der Waals surface area (Å²) in [7, 11) is 0. The molecule has 4 atom stereocenters. The number of hydrogen-bond donors (Lipinski definition) is 2. The summed E-state index contributed by atoms with van der Waals surface area (Å²) in [6.45, 7) is -0.983. The van der Waals surface area contributed by atoms with Gasteiger partial charge >= 0.3 is 0 Å². The maximum Gasteiger partial charge on any atom is 0.253 e. The molecule has 2 aliphatic heterocycles. The number of hydrogen-bond acceptors (Lipinski definition) is 6. The lowest BCUT2D eigenvalue weighted by Crippen LogP contribution is -2.57. The van der Waals surface area contributed by atoms with E-state index < -0.39 is 24.3 Å². The molecule has 36 heavy (non-hydrogen) atoms. The van der Waals surface area contributed by atoms with Crippen molar-refractivity contribution < 1.29 is 18.3 Å². The summed E-state index contributed by atoms with van der Waals surface area (Å²) in [5.41, 5.74) is 0.0404. The number of aromatic nitrogens is 3. The van der Waals surface area contributed by atoms with E-state index in [1.165, 1.54) is 24.5 Å². The third kappa shape index (κ3) is 4.03. The van der Waals surface area contributed by atoms with Crippen molar-refractivity contribution in [1.29, 1.82) is 0 Å². The number of rotatable bonds is 6. The van der Waals surface area contributed by atoms with Crippen LogP contribution in [0.4, 0.5) is 19.0 Å². The normalized spacial score (nSPS) is 25.2. The molecule has 2 aromatic heterocycles. The van der Waals surface area contributed by atoms with Crippen LogP contribution in [0.5, 0.6) is 5.75 Å². The van der Waals surface area contributed by atoms with Gasteiger partial charge in [-0.15, -0.1) is 0 Å². The molecule has 2 unspecified atom stereocenters. The van der Waals surface area contributed by atoms with E-state index in [0.29, 0.717) is 11.9 Å². The van der Waals surface area contributed by atoms with Gasteiger partial charge in [-0.25, -0.2) is 18.2 Å². The van der Waals surface area contributed by atoms with Gasteiger partial charge in [0.05, 0.1) is 24.1 Å². The van der Waals surface area contributed by atoms with E-state index >= 15 is 8.78 Å². The van der Waals surface area contributed by atoms with Gasteiger partial charge in [-0.05, 0) is 55.9 Å². The molecule has 188 valence electrons. The summed E-state index contributed by atoms with van der Waals surface area (Å²) in [5, 5.41) is 14.0. The van der Waals surface area contributed by atoms with E-state index in [1.54, 1.807) is 6.20 Å². The quantitative estimate of drug-likeness (QED) is 0.537. The van der Waals surface area contributed by atoms with Crippen molar-refractivity contribution in [2.75, 3.05) is 4.90 Å². The predicted molar refractivity (Wildman–Crippen MR) is 129 cm³/mol. The number of phenols is 1. The first-order valence-corrected chi connectivity index (χ1v) is 12.2. The number of halogens is 3. The van der Waals surface area contributed by atoms with Crippen LogP contribution in [0.2, 0.25) is 0 Å². The topological polar surface area (TPSA) is 83.3 Å². The second-order valence-electron chi connectivity index (χ2n) is 9.89. The fourth-order valence-corrected chi connectivity index (χ4v) is 5.58. The molecule has 6 rings (SSSR count). The van der Waals surface area contributed by atoms with Crippen LogP contribution in [0.1, 0.15) is 32.1 Å². The van der Waals surface area contributed by atoms with Crippen LogP contribution in [0, 0.1) is 5.82 Å². The Bertz CT molecular complexity index is 1340. The van der Waals surface area contributed by atoms with Gasteiger partial charge in [0.25, 0.3) is 5.56 Å². The second-order valence-corrected chi connectivity index (χ2v) is 9.89. The monoisotopic (exact) mass is 497 g/mol. The molecule has 0 radical (unpaired) electrons. The van der Waals surface area contributed by atoms with Crippen LogP contribution < -0.4 is 15.8 Å². The second kappa shape index (κ2) is 8.92. The summed E-state index contributed by atoms with van der Waals surface area (Å²) in [4.78, 5) is 23.0. The molecule has 1 aliphatic carbocycles. The van der Waals surface area contributed by atoms with E-state index in [1.807, 2.05) is 0 Å². The smallest absolute Gasteiger partial charge is 0.253 e. The molecule has 2 bridgehead atoms. The van der Waals surface area contributed by atoms with E-state index in [4.69, 9.17) is 0 Å². The van der Waals surface area contributed by atoms with Crippen molar-refractivity contribution in [2.45, 2.75) is 69.2 Å². The van der Waals surface area contributed by atoms with Crippen molar-refractivity contribution >= 4 is 5.82 Å². The molecule has 2 saturated heterocycles. The third-order valence-corrected chi connectivity index (χ3v) is 7.55. The van der Waals surface area contributed by atoms with Crippen LogP contribution in [0.3, 0.4) is 0 Å². The molecule has 0 amide bonds. The number of anilines is 1. The fourth-order valence-electron chi connectivity index (χ4n) is 5.58. The van der Waals surface area contributed by atoms with Gasteiger partial charge in [0.2, 0.25) is 0 Å². The number of nitrogens with zero attached hydrogens (tertiary/aromatic N) is 4. The average Bonchev–Trinajstić information content (AvgIpc) is 3.63. The third-order valence-electron chi connectivity index (χ3n) is 7.55. The molecule has 1 saturated carbocycles. The molecule has 0 spiro atoms. The molecular formula is C26H26F3N5O2. The first kappa shape index (κ1) is 23.0. The van der Waals surface area contributed by atoms with Crippen molar-refractivity contribution in [3.8, 4) is 28.1 Å². The maximum absolute atomic E-state index is 15.3. The molecule has 4 heterocycles. The van der Waals surface area contributed by atoms with Crippen molar-refractivity contribution in [2.24, 2.45) is 0 Å². The van der Waals surface area contributed by atoms with E-state index in [-0.39, 0.29) is 46.3 Å². The zero-order chi connectivity index (χ0) is 25.0. The van der Waals surface area contributed by atoms with E-state index in [9.17, 15) is 14.3 Å². The minimum Gasteiger partial charge on any atom is -0.507 e. The van der Waals surface area contributed by atoms with Gasteiger partial charge in [0.1, 0.15) is 23.6 Å². The summed E-state index contributed by atoms with van der Waals surface area (Å²) >= 11 is 0. The highest BCUT2D eigenvalue weighted by atomic mass is 19.1. The fraction of sp³-hybridized carbons (Fsp3) is 0.423. The van der Waals surface area contributed by atoms with E-state index in [0.717, 1.165) is 48.8 Å². The first-order valence-electron chi connectivity index (χ1n) is 12.2. The number of pyridine rings is 1. The molecule has 3 aliphatic rings. The number of benzene rings is 1. The molecule has 3 fully saturated rings. The standard InChI is InChI=1S/C26H26F3N5O2/c27-13-33-6-5-14(7-25(33)36)17-10-23(35)18(9-19(17)28)21-11-31-24(12-30-21)34(16-2-3-16)22-8-15-1-4-20(32-15)26(22)29/h5-7,9-12,15-16,20,22,26,32,35H,1-4,8,13H2/t15-,20+,22?,26?/m1/s1. The Morgan fingerprint density at radius 1 is 1.11 bits per heavy atom. The van der Waals surface area contributed by atoms with Crippen LogP contribution in [0.15, 0.2) is 47.7 Å². The summed E-state index contributed by atoms with van der Waals surface area (Å²) in [6.07, 6.45) is 7.80. The van der Waals surface area contributed by atoms with Crippen LogP contribution in [-0.4, -0.2) is 50.0 Å². The summed E-state index contributed by atoms with van der Waals surface area (Å²) in [6, 6.07) is 5.06. The Labute approximate surface area is 205 Å². The van der Waals surface area contributed by atoms with Crippen molar-refractivity contribution in [3.63, 3.8) is 0 Å². The van der Waals surface area contributed by atoms with Gasteiger partial charge in [-0.3, -0.25) is 14.3 Å². The Morgan fingerprint density at radius 3 is 2.64 bits per heavy atom. The Kier molecular flexibility index (Phi) is 5.70. The lowest BCUT2D eigenvalue weighted by Gasteiger charge is -2.41.